The predicted molar refractivity (Wildman–Crippen MR) is 69.8 cm³/mol. The topological polar surface area (TPSA) is 93.4 Å². The first-order chi connectivity index (χ1) is 9.92. The van der Waals surface area contributed by atoms with Crippen LogP contribution in [0, 0.1) is 11.6 Å². The van der Waals surface area contributed by atoms with Gasteiger partial charge in [0.15, 0.2) is 0 Å². The van der Waals surface area contributed by atoms with E-state index in [1.165, 1.54) is 7.11 Å². The predicted octanol–water partition coefficient (Wildman–Crippen LogP) is 0.614. The number of rotatable bonds is 3. The molecule has 1 aromatic carbocycles. The van der Waals surface area contributed by atoms with Gasteiger partial charge in [-0.2, -0.15) is 0 Å². The highest BCUT2D eigenvalue weighted by molar-refractivity contribution is 5.79. The zero-order valence-corrected chi connectivity index (χ0v) is 11.3. The van der Waals surface area contributed by atoms with Gasteiger partial charge in [0, 0.05) is 36.6 Å². The van der Waals surface area contributed by atoms with Gasteiger partial charge in [0.2, 0.25) is 5.91 Å². The summed E-state index contributed by atoms with van der Waals surface area (Å²) in [5.74, 6) is -2.81. The molecule has 1 aromatic rings. The summed E-state index contributed by atoms with van der Waals surface area (Å²) >= 11 is 0. The number of nitrogens with one attached hydrogen (secondary N) is 2. The largest absolute Gasteiger partial charge is 0.497 e. The zero-order valence-electron chi connectivity index (χ0n) is 11.3. The van der Waals surface area contributed by atoms with Gasteiger partial charge in [-0.1, -0.05) is 0 Å². The number of piperidine rings is 1. The summed E-state index contributed by atoms with van der Waals surface area (Å²) in [6.07, 6.45) is -0.148. The van der Waals surface area contributed by atoms with Gasteiger partial charge in [0.25, 0.3) is 0 Å². The molecule has 2 unspecified atom stereocenters. The summed E-state index contributed by atoms with van der Waals surface area (Å²) in [7, 11) is 1.29. The second-order valence-electron chi connectivity index (χ2n) is 4.73. The summed E-state index contributed by atoms with van der Waals surface area (Å²) < 4.78 is 33.0. The van der Waals surface area contributed by atoms with Crippen LogP contribution in [0.4, 0.5) is 13.6 Å². The average molecular weight is 299 g/mol. The van der Waals surface area contributed by atoms with E-state index in [0.717, 1.165) is 12.1 Å². The van der Waals surface area contributed by atoms with Gasteiger partial charge in [-0.3, -0.25) is 4.79 Å². The Labute approximate surface area is 119 Å². The molecule has 3 amide bonds. The minimum absolute atomic E-state index is 0.0356. The van der Waals surface area contributed by atoms with E-state index >= 15 is 0 Å². The van der Waals surface area contributed by atoms with Crippen molar-refractivity contribution in [3.05, 3.63) is 29.3 Å². The number of carbonyl (C=O) groups is 2. The smallest absolute Gasteiger partial charge is 0.312 e. The lowest BCUT2D eigenvalue weighted by atomic mass is 9.85. The van der Waals surface area contributed by atoms with Crippen molar-refractivity contribution in [1.29, 1.82) is 0 Å². The number of amides is 3. The first kappa shape index (κ1) is 15.0. The van der Waals surface area contributed by atoms with Gasteiger partial charge >= 0.3 is 6.03 Å². The van der Waals surface area contributed by atoms with Crippen LogP contribution in [0.3, 0.4) is 0 Å². The Morgan fingerprint density at radius 1 is 1.43 bits per heavy atom. The molecule has 21 heavy (non-hydrogen) atoms. The summed E-state index contributed by atoms with van der Waals surface area (Å²) in [5, 5.41) is 4.91. The van der Waals surface area contributed by atoms with E-state index in [9.17, 15) is 18.4 Å². The third-order valence-corrected chi connectivity index (χ3v) is 3.40. The van der Waals surface area contributed by atoms with Gasteiger partial charge in [0.05, 0.1) is 13.2 Å². The van der Waals surface area contributed by atoms with E-state index in [1.807, 2.05) is 0 Å². The monoisotopic (exact) mass is 299 g/mol. The number of primary amides is 1. The number of ether oxygens (including phenoxy) is 1. The number of carbonyl (C=O) groups excluding carboxylic acids is 2. The molecule has 2 atom stereocenters. The van der Waals surface area contributed by atoms with E-state index in [-0.39, 0.29) is 30.2 Å². The molecule has 0 bridgehead atoms. The SMILES string of the molecule is COc1cc(F)c(C2CC(=O)NCC2NC(N)=O)c(F)c1. The molecule has 0 spiro atoms. The van der Waals surface area contributed by atoms with Crippen molar-refractivity contribution in [3.63, 3.8) is 0 Å². The number of hydrogen-bond acceptors (Lipinski definition) is 3. The molecule has 1 heterocycles. The molecule has 1 fully saturated rings. The maximum absolute atomic E-state index is 14.1. The van der Waals surface area contributed by atoms with Crippen molar-refractivity contribution < 1.29 is 23.1 Å². The fraction of sp³-hybridized carbons (Fsp3) is 0.385. The van der Waals surface area contributed by atoms with Gasteiger partial charge in [-0.05, 0) is 0 Å². The molecule has 6 nitrogen and oxygen atoms in total. The van der Waals surface area contributed by atoms with Crippen LogP contribution >= 0.6 is 0 Å². The molecule has 2 rings (SSSR count). The van der Waals surface area contributed by atoms with Gasteiger partial charge in [0.1, 0.15) is 17.4 Å². The molecular weight excluding hydrogens is 284 g/mol. The van der Waals surface area contributed by atoms with Crippen LogP contribution in [0.5, 0.6) is 5.75 Å². The fourth-order valence-electron chi connectivity index (χ4n) is 2.45. The van der Waals surface area contributed by atoms with Crippen LogP contribution in [-0.4, -0.2) is 31.6 Å². The molecule has 1 aliphatic heterocycles. The maximum atomic E-state index is 14.1. The summed E-state index contributed by atoms with van der Waals surface area (Å²) in [4.78, 5) is 22.5. The number of nitrogens with two attached hydrogens (primary N) is 1. The lowest BCUT2D eigenvalue weighted by molar-refractivity contribution is -0.123. The molecule has 114 valence electrons. The molecule has 8 heteroatoms. The van der Waals surface area contributed by atoms with Gasteiger partial charge < -0.3 is 21.1 Å². The van der Waals surface area contributed by atoms with Crippen LogP contribution in [0.1, 0.15) is 17.9 Å². The summed E-state index contributed by atoms with van der Waals surface area (Å²) in [6.45, 7) is 0.0529. The van der Waals surface area contributed by atoms with E-state index in [1.54, 1.807) is 0 Å². The Balaban J connectivity index is 2.40. The van der Waals surface area contributed by atoms with Crippen LogP contribution in [0.15, 0.2) is 12.1 Å². The van der Waals surface area contributed by atoms with Crippen molar-refractivity contribution in [2.75, 3.05) is 13.7 Å². The number of methoxy groups -OCH3 is 1. The molecule has 1 aliphatic rings. The van der Waals surface area contributed by atoms with E-state index in [2.05, 4.69) is 10.6 Å². The molecule has 0 aliphatic carbocycles. The van der Waals surface area contributed by atoms with E-state index < -0.39 is 29.6 Å². The van der Waals surface area contributed by atoms with Crippen LogP contribution in [0.25, 0.3) is 0 Å². The van der Waals surface area contributed by atoms with Crippen LogP contribution < -0.4 is 21.1 Å². The van der Waals surface area contributed by atoms with Crippen molar-refractivity contribution >= 4 is 11.9 Å². The number of halogens is 2. The van der Waals surface area contributed by atoms with Gasteiger partial charge in [-0.15, -0.1) is 0 Å². The quantitative estimate of drug-likeness (QED) is 0.763. The maximum Gasteiger partial charge on any atom is 0.312 e. The standard InChI is InChI=1S/C13H15F2N3O3/c1-21-6-2-8(14)12(9(15)3-6)7-4-11(19)17-5-10(7)18-13(16)20/h2-3,7,10H,4-5H2,1H3,(H,17,19)(H3,16,18,20). The van der Waals surface area contributed by atoms with E-state index in [0.29, 0.717) is 0 Å². The average Bonchev–Trinajstić information content (AvgIpc) is 2.40. The minimum atomic E-state index is -0.836. The highest BCUT2D eigenvalue weighted by Gasteiger charge is 2.35. The van der Waals surface area contributed by atoms with Crippen molar-refractivity contribution in [3.8, 4) is 5.75 Å². The van der Waals surface area contributed by atoms with Crippen LogP contribution in [0.2, 0.25) is 0 Å². The van der Waals surface area contributed by atoms with Gasteiger partial charge in [-0.25, -0.2) is 13.6 Å². The van der Waals surface area contributed by atoms with Crippen LogP contribution in [-0.2, 0) is 4.79 Å². The molecule has 4 N–H and O–H groups in total. The lowest BCUT2D eigenvalue weighted by Crippen LogP contribution is -2.53. The number of hydrogen-bond donors (Lipinski definition) is 3. The minimum Gasteiger partial charge on any atom is -0.497 e. The molecule has 0 saturated carbocycles. The highest BCUT2D eigenvalue weighted by Crippen LogP contribution is 2.32. The van der Waals surface area contributed by atoms with E-state index in [4.69, 9.17) is 10.5 Å². The zero-order chi connectivity index (χ0) is 15.6. The summed E-state index contributed by atoms with van der Waals surface area (Å²) in [6, 6.07) is 0.562. The second kappa shape index (κ2) is 5.94. The van der Waals surface area contributed by atoms with Crippen molar-refractivity contribution in [2.45, 2.75) is 18.4 Å². The van der Waals surface area contributed by atoms with Crippen molar-refractivity contribution in [1.82, 2.24) is 10.6 Å². The molecule has 1 saturated heterocycles. The Morgan fingerprint density at radius 2 is 2.05 bits per heavy atom. The lowest BCUT2D eigenvalue weighted by Gasteiger charge is -2.32. The Bertz CT molecular complexity index is 557. The Morgan fingerprint density at radius 3 is 2.57 bits per heavy atom. The summed E-state index contributed by atoms with van der Waals surface area (Å²) in [5.41, 5.74) is 4.79. The number of benzene rings is 1. The first-order valence-electron chi connectivity index (χ1n) is 6.28. The van der Waals surface area contributed by atoms with Crippen molar-refractivity contribution in [2.24, 2.45) is 5.73 Å². The third-order valence-electron chi connectivity index (χ3n) is 3.40. The second-order valence-corrected chi connectivity index (χ2v) is 4.73. The highest BCUT2D eigenvalue weighted by atomic mass is 19.1. The first-order valence-corrected chi connectivity index (χ1v) is 6.28. The normalized spacial score (nSPS) is 21.6. The third kappa shape index (κ3) is 3.21. The molecular formula is C13H15F2N3O3. The fourth-order valence-corrected chi connectivity index (χ4v) is 2.45. The Kier molecular flexibility index (Phi) is 4.25. The number of urea groups is 1. The molecule has 0 aromatic heterocycles. The molecule has 0 radical (unpaired) electrons. The Hall–Kier alpha value is -2.38.